The third kappa shape index (κ3) is 4.26. The van der Waals surface area contributed by atoms with Gasteiger partial charge >= 0.3 is 0 Å². The summed E-state index contributed by atoms with van der Waals surface area (Å²) in [4.78, 5) is 20.8. The number of halogens is 1. The Bertz CT molecular complexity index is 1020. The molecular weight excluding hydrogens is 402 g/mol. The molecule has 0 fully saturated rings. The Morgan fingerprint density at radius 1 is 1.29 bits per heavy atom. The standard InChI is InChI=1S/C17H18ClN5O3S.CH4/c1-17(10-27(25,26)23(2)16(19)22-17)12-7-8-20-14(9-12)21-15(24)11-3-5-13(18)6-4-11;/h3-9H,10H2,1-2H3,(H2,19,22)(H,20,21,24);1H4/t17-;/m0./s1. The van der Waals surface area contributed by atoms with Gasteiger partial charge in [0.05, 0.1) is 5.75 Å². The number of rotatable bonds is 3. The highest BCUT2D eigenvalue weighted by atomic mass is 35.5. The van der Waals surface area contributed by atoms with Crippen LogP contribution in [0.4, 0.5) is 5.82 Å². The molecule has 3 N–H and O–H groups in total. The molecule has 0 saturated carbocycles. The van der Waals surface area contributed by atoms with Gasteiger partial charge in [-0.25, -0.2) is 22.7 Å². The third-order valence-electron chi connectivity index (χ3n) is 4.29. The Morgan fingerprint density at radius 2 is 1.93 bits per heavy atom. The van der Waals surface area contributed by atoms with E-state index in [0.29, 0.717) is 16.1 Å². The summed E-state index contributed by atoms with van der Waals surface area (Å²) in [7, 11) is -2.23. The van der Waals surface area contributed by atoms with Crippen LogP contribution in [-0.2, 0) is 15.6 Å². The predicted molar refractivity (Wildman–Crippen MR) is 111 cm³/mol. The largest absolute Gasteiger partial charge is 0.369 e. The predicted octanol–water partition coefficient (Wildman–Crippen LogP) is 2.43. The van der Waals surface area contributed by atoms with Crippen molar-refractivity contribution < 1.29 is 13.2 Å². The second-order valence-electron chi connectivity index (χ2n) is 6.36. The second-order valence-corrected chi connectivity index (χ2v) is 8.80. The maximum Gasteiger partial charge on any atom is 0.256 e. The highest BCUT2D eigenvalue weighted by molar-refractivity contribution is 7.89. The van der Waals surface area contributed by atoms with Gasteiger partial charge in [0.25, 0.3) is 5.91 Å². The zero-order valence-electron chi connectivity index (χ0n) is 14.7. The Morgan fingerprint density at radius 3 is 2.54 bits per heavy atom. The Hall–Kier alpha value is -2.65. The maximum absolute atomic E-state index is 12.3. The molecule has 10 heteroatoms. The summed E-state index contributed by atoms with van der Waals surface area (Å²) in [6, 6.07) is 9.65. The molecule has 1 aliphatic heterocycles. The molecule has 0 aliphatic carbocycles. The van der Waals surface area contributed by atoms with Gasteiger partial charge in [-0.1, -0.05) is 19.0 Å². The van der Waals surface area contributed by atoms with E-state index in [4.69, 9.17) is 17.3 Å². The highest BCUT2D eigenvalue weighted by Gasteiger charge is 2.40. The molecule has 1 amide bonds. The number of aromatic nitrogens is 1. The lowest BCUT2D eigenvalue weighted by Gasteiger charge is -2.34. The first-order chi connectivity index (χ1) is 12.6. The number of sulfonamides is 1. The van der Waals surface area contributed by atoms with E-state index >= 15 is 0 Å². The van der Waals surface area contributed by atoms with Crippen LogP contribution in [0.3, 0.4) is 0 Å². The number of amides is 1. The number of nitrogens with one attached hydrogen (secondary N) is 1. The smallest absolute Gasteiger partial charge is 0.256 e. The fourth-order valence-electron chi connectivity index (χ4n) is 2.72. The van der Waals surface area contributed by atoms with Crippen LogP contribution in [0.5, 0.6) is 0 Å². The van der Waals surface area contributed by atoms with Crippen molar-refractivity contribution in [3.8, 4) is 0 Å². The second kappa shape index (κ2) is 7.76. The molecular formula is C18H22ClN5O3S. The molecule has 1 aromatic carbocycles. The Labute approximate surface area is 169 Å². The minimum Gasteiger partial charge on any atom is -0.369 e. The fraction of sp³-hybridized carbons (Fsp3) is 0.278. The molecule has 1 aromatic heterocycles. The van der Waals surface area contributed by atoms with Crippen LogP contribution in [0.15, 0.2) is 47.6 Å². The molecule has 1 aliphatic rings. The number of aliphatic imine (C=N–C) groups is 1. The van der Waals surface area contributed by atoms with E-state index in [1.165, 1.54) is 13.2 Å². The maximum atomic E-state index is 12.3. The Kier molecular flexibility index (Phi) is 6.00. The van der Waals surface area contributed by atoms with Crippen molar-refractivity contribution in [2.75, 3.05) is 18.1 Å². The van der Waals surface area contributed by atoms with Crippen molar-refractivity contribution in [3.05, 3.63) is 58.7 Å². The van der Waals surface area contributed by atoms with Crippen molar-refractivity contribution in [2.45, 2.75) is 19.9 Å². The summed E-state index contributed by atoms with van der Waals surface area (Å²) in [6.07, 6.45) is 1.48. The van der Waals surface area contributed by atoms with Crippen molar-refractivity contribution in [1.29, 1.82) is 0 Å². The lowest BCUT2D eigenvalue weighted by molar-refractivity contribution is 0.102. The van der Waals surface area contributed by atoms with Crippen LogP contribution >= 0.6 is 11.6 Å². The molecule has 3 rings (SSSR count). The van der Waals surface area contributed by atoms with Crippen LogP contribution in [0.1, 0.15) is 30.3 Å². The van der Waals surface area contributed by atoms with E-state index in [1.807, 2.05) is 0 Å². The van der Waals surface area contributed by atoms with E-state index < -0.39 is 15.6 Å². The summed E-state index contributed by atoms with van der Waals surface area (Å²) in [5, 5.41) is 3.21. The molecule has 0 saturated heterocycles. The van der Waals surface area contributed by atoms with Gasteiger partial charge in [0.15, 0.2) is 0 Å². The first kappa shape index (κ1) is 21.6. The zero-order chi connectivity index (χ0) is 19.8. The lowest BCUT2D eigenvalue weighted by atomic mass is 9.95. The van der Waals surface area contributed by atoms with Crippen molar-refractivity contribution in [1.82, 2.24) is 9.29 Å². The molecule has 0 unspecified atom stereocenters. The normalized spacial score (nSPS) is 20.7. The van der Waals surface area contributed by atoms with Gasteiger partial charge in [0.2, 0.25) is 16.0 Å². The van der Waals surface area contributed by atoms with Gasteiger partial charge in [-0.3, -0.25) is 4.79 Å². The molecule has 2 heterocycles. The summed E-state index contributed by atoms with van der Waals surface area (Å²) in [5.41, 5.74) is 5.68. The van der Waals surface area contributed by atoms with Crippen molar-refractivity contribution >= 4 is 39.3 Å². The topological polar surface area (TPSA) is 118 Å². The molecule has 28 heavy (non-hydrogen) atoms. The van der Waals surface area contributed by atoms with Gasteiger partial charge in [-0.2, -0.15) is 0 Å². The van der Waals surface area contributed by atoms with Crippen LogP contribution in [0, 0.1) is 0 Å². The SMILES string of the molecule is C.CN1C(N)=N[C@](C)(c2ccnc(NC(=O)c3ccc(Cl)cc3)c2)CS1(=O)=O. The number of hydrogen-bond donors (Lipinski definition) is 2. The Balaban J connectivity index is 0.00000280. The minimum absolute atomic E-state index is 0. The number of hydrogen-bond acceptors (Lipinski definition) is 6. The highest BCUT2D eigenvalue weighted by Crippen LogP contribution is 2.32. The van der Waals surface area contributed by atoms with Gasteiger partial charge in [-0.15, -0.1) is 0 Å². The van der Waals surface area contributed by atoms with Gasteiger partial charge in [0.1, 0.15) is 11.4 Å². The van der Waals surface area contributed by atoms with E-state index in [0.717, 1.165) is 4.31 Å². The quantitative estimate of drug-likeness (QED) is 0.785. The summed E-state index contributed by atoms with van der Waals surface area (Å²) < 4.78 is 25.6. The van der Waals surface area contributed by atoms with Crippen LogP contribution < -0.4 is 11.1 Å². The molecule has 1 atom stereocenters. The van der Waals surface area contributed by atoms with E-state index in [1.54, 1.807) is 43.3 Å². The van der Waals surface area contributed by atoms with Crippen molar-refractivity contribution in [3.63, 3.8) is 0 Å². The number of nitrogens with two attached hydrogens (primary N) is 1. The monoisotopic (exact) mass is 423 g/mol. The number of carbonyl (C=O) groups is 1. The summed E-state index contributed by atoms with van der Waals surface area (Å²) in [6.45, 7) is 1.67. The van der Waals surface area contributed by atoms with E-state index in [-0.39, 0.29) is 30.9 Å². The minimum atomic E-state index is -3.59. The van der Waals surface area contributed by atoms with E-state index in [9.17, 15) is 13.2 Å². The first-order valence-electron chi connectivity index (χ1n) is 7.96. The van der Waals surface area contributed by atoms with E-state index in [2.05, 4.69) is 15.3 Å². The van der Waals surface area contributed by atoms with Crippen LogP contribution in [0.2, 0.25) is 5.02 Å². The molecule has 0 radical (unpaired) electrons. The average molecular weight is 424 g/mol. The van der Waals surface area contributed by atoms with Crippen LogP contribution in [-0.4, -0.2) is 42.4 Å². The average Bonchev–Trinajstić information content (AvgIpc) is 2.60. The molecule has 0 spiro atoms. The molecule has 8 nitrogen and oxygen atoms in total. The molecule has 0 bridgehead atoms. The zero-order valence-corrected chi connectivity index (χ0v) is 16.3. The summed E-state index contributed by atoms with van der Waals surface area (Å²) in [5.74, 6) is -0.419. The number of carbonyl (C=O) groups excluding carboxylic acids is 1. The molecule has 2 aromatic rings. The van der Waals surface area contributed by atoms with Crippen molar-refractivity contribution in [2.24, 2.45) is 10.7 Å². The number of guanidine groups is 1. The first-order valence-corrected chi connectivity index (χ1v) is 9.95. The number of anilines is 1. The number of benzene rings is 1. The fourth-order valence-corrected chi connectivity index (χ4v) is 4.31. The lowest BCUT2D eigenvalue weighted by Crippen LogP contribution is -2.50. The van der Waals surface area contributed by atoms with Gasteiger partial charge in [-0.05, 0) is 48.9 Å². The number of nitrogens with zero attached hydrogens (tertiary/aromatic N) is 3. The summed E-state index contributed by atoms with van der Waals surface area (Å²) >= 11 is 5.82. The van der Waals surface area contributed by atoms with Gasteiger partial charge in [0, 0.05) is 23.8 Å². The molecule has 150 valence electrons. The van der Waals surface area contributed by atoms with Gasteiger partial charge < -0.3 is 11.1 Å². The number of pyridine rings is 1. The van der Waals surface area contributed by atoms with Crippen LogP contribution in [0.25, 0.3) is 0 Å². The third-order valence-corrected chi connectivity index (χ3v) is 6.49.